The molecule has 0 fully saturated rings. The van der Waals surface area contributed by atoms with E-state index in [4.69, 9.17) is 0 Å². The number of hydrogen-bond donors (Lipinski definition) is 2. The largest absolute Gasteiger partial charge is 0.357 e. The SMILES string of the molecule is CCCCCNC(=NCc1nc2ccccc2n1C)NCC.I. The molecule has 23 heavy (non-hydrogen) atoms. The average molecular weight is 429 g/mol. The quantitative estimate of drug-likeness (QED) is 0.307. The van der Waals surface area contributed by atoms with Gasteiger partial charge in [-0.1, -0.05) is 31.9 Å². The standard InChI is InChI=1S/C17H27N5.HI/c1-4-6-9-12-19-17(18-5-2)20-13-16-21-14-10-7-8-11-15(14)22(16)3;/h7-8,10-11H,4-6,9,12-13H2,1-3H3,(H2,18,19,20);1H. The summed E-state index contributed by atoms with van der Waals surface area (Å²) in [7, 11) is 2.04. The van der Waals surface area contributed by atoms with Gasteiger partial charge >= 0.3 is 0 Å². The number of fused-ring (bicyclic) bond motifs is 1. The summed E-state index contributed by atoms with van der Waals surface area (Å²) >= 11 is 0. The van der Waals surface area contributed by atoms with Crippen molar-refractivity contribution < 1.29 is 0 Å². The van der Waals surface area contributed by atoms with Gasteiger partial charge in [0.1, 0.15) is 12.4 Å². The van der Waals surface area contributed by atoms with Gasteiger partial charge in [0.25, 0.3) is 0 Å². The van der Waals surface area contributed by atoms with Crippen LogP contribution in [0.2, 0.25) is 0 Å². The van der Waals surface area contributed by atoms with Gasteiger partial charge in [-0.3, -0.25) is 0 Å². The number of rotatable bonds is 7. The van der Waals surface area contributed by atoms with Crippen LogP contribution in [-0.4, -0.2) is 28.6 Å². The van der Waals surface area contributed by atoms with Gasteiger partial charge in [0.05, 0.1) is 11.0 Å². The van der Waals surface area contributed by atoms with E-state index in [9.17, 15) is 0 Å². The van der Waals surface area contributed by atoms with Gasteiger partial charge in [-0.25, -0.2) is 9.98 Å². The van der Waals surface area contributed by atoms with E-state index in [1.54, 1.807) is 0 Å². The third-order valence-corrected chi connectivity index (χ3v) is 3.68. The number of aryl methyl sites for hydroxylation is 1. The molecule has 0 spiro atoms. The molecule has 0 saturated heterocycles. The molecule has 2 N–H and O–H groups in total. The van der Waals surface area contributed by atoms with Crippen LogP contribution in [0.5, 0.6) is 0 Å². The lowest BCUT2D eigenvalue weighted by atomic mass is 10.2. The van der Waals surface area contributed by atoms with Crippen molar-refractivity contribution in [1.82, 2.24) is 20.2 Å². The van der Waals surface area contributed by atoms with Gasteiger partial charge in [-0.15, -0.1) is 24.0 Å². The van der Waals surface area contributed by atoms with Crippen molar-refractivity contribution in [2.75, 3.05) is 13.1 Å². The molecule has 0 amide bonds. The number of imidazole rings is 1. The summed E-state index contributed by atoms with van der Waals surface area (Å²) in [5, 5.41) is 6.67. The monoisotopic (exact) mass is 429 g/mol. The number of halogens is 1. The highest BCUT2D eigenvalue weighted by Gasteiger charge is 2.06. The third kappa shape index (κ3) is 5.67. The molecule has 0 bridgehead atoms. The predicted octanol–water partition coefficient (Wildman–Crippen LogP) is 3.44. The zero-order chi connectivity index (χ0) is 15.8. The van der Waals surface area contributed by atoms with Crippen molar-refractivity contribution in [3.63, 3.8) is 0 Å². The van der Waals surface area contributed by atoms with Crippen molar-refractivity contribution in [1.29, 1.82) is 0 Å². The zero-order valence-corrected chi connectivity index (χ0v) is 16.6. The van der Waals surface area contributed by atoms with Crippen LogP contribution in [0.15, 0.2) is 29.3 Å². The second-order valence-corrected chi connectivity index (χ2v) is 5.40. The molecule has 2 rings (SSSR count). The van der Waals surface area contributed by atoms with Gasteiger partial charge in [0, 0.05) is 20.1 Å². The summed E-state index contributed by atoms with van der Waals surface area (Å²) in [6.45, 7) is 6.70. The van der Waals surface area contributed by atoms with Crippen molar-refractivity contribution in [3.8, 4) is 0 Å². The molecule has 6 heteroatoms. The third-order valence-electron chi connectivity index (χ3n) is 3.68. The molecule has 2 aromatic rings. The molecular formula is C17H28IN5. The summed E-state index contributed by atoms with van der Waals surface area (Å²) in [4.78, 5) is 9.30. The molecule has 0 unspecified atom stereocenters. The Morgan fingerprint density at radius 2 is 1.96 bits per heavy atom. The van der Waals surface area contributed by atoms with Crippen LogP contribution in [0.4, 0.5) is 0 Å². The molecule has 0 aliphatic heterocycles. The summed E-state index contributed by atoms with van der Waals surface area (Å²) in [5.41, 5.74) is 2.17. The van der Waals surface area contributed by atoms with E-state index in [-0.39, 0.29) is 24.0 Å². The highest BCUT2D eigenvalue weighted by atomic mass is 127. The molecule has 0 radical (unpaired) electrons. The van der Waals surface area contributed by atoms with Crippen LogP contribution in [-0.2, 0) is 13.6 Å². The topological polar surface area (TPSA) is 54.2 Å². The fourth-order valence-corrected chi connectivity index (χ4v) is 2.41. The first-order valence-corrected chi connectivity index (χ1v) is 8.18. The van der Waals surface area contributed by atoms with Crippen molar-refractivity contribution in [2.24, 2.45) is 12.0 Å². The van der Waals surface area contributed by atoms with Crippen LogP contribution in [0.25, 0.3) is 11.0 Å². The van der Waals surface area contributed by atoms with Gasteiger partial charge < -0.3 is 15.2 Å². The Bertz CT molecular complexity index is 620. The van der Waals surface area contributed by atoms with E-state index >= 15 is 0 Å². The lowest BCUT2D eigenvalue weighted by molar-refractivity contribution is 0.681. The lowest BCUT2D eigenvalue weighted by Gasteiger charge is -2.10. The molecule has 0 atom stereocenters. The van der Waals surface area contributed by atoms with Crippen LogP contribution in [0.1, 0.15) is 38.9 Å². The van der Waals surface area contributed by atoms with E-state index < -0.39 is 0 Å². The van der Waals surface area contributed by atoms with Crippen LogP contribution < -0.4 is 10.6 Å². The number of nitrogens with one attached hydrogen (secondary N) is 2. The molecule has 128 valence electrons. The van der Waals surface area contributed by atoms with E-state index in [1.165, 1.54) is 19.3 Å². The number of unbranched alkanes of at least 4 members (excludes halogenated alkanes) is 2. The summed E-state index contributed by atoms with van der Waals surface area (Å²) in [6, 6.07) is 8.18. The molecular weight excluding hydrogens is 401 g/mol. The molecule has 1 heterocycles. The second kappa shape index (κ2) is 10.5. The summed E-state index contributed by atoms with van der Waals surface area (Å²) in [6.07, 6.45) is 3.65. The van der Waals surface area contributed by atoms with Crippen molar-refractivity contribution in [2.45, 2.75) is 39.7 Å². The smallest absolute Gasteiger partial charge is 0.191 e. The normalized spacial score (nSPS) is 11.3. The Morgan fingerprint density at radius 3 is 2.65 bits per heavy atom. The number of hydrogen-bond acceptors (Lipinski definition) is 2. The zero-order valence-electron chi connectivity index (χ0n) is 14.3. The maximum atomic E-state index is 4.65. The lowest BCUT2D eigenvalue weighted by Crippen LogP contribution is -2.37. The fraction of sp³-hybridized carbons (Fsp3) is 0.529. The predicted molar refractivity (Wildman–Crippen MR) is 108 cm³/mol. The first-order chi connectivity index (χ1) is 10.8. The molecule has 1 aromatic heterocycles. The first-order valence-electron chi connectivity index (χ1n) is 8.18. The Labute approximate surface area is 156 Å². The Kier molecular flexibility index (Phi) is 8.98. The Morgan fingerprint density at radius 1 is 1.17 bits per heavy atom. The highest BCUT2D eigenvalue weighted by Crippen LogP contribution is 2.14. The first kappa shape index (κ1) is 19.7. The Balaban J connectivity index is 0.00000264. The van der Waals surface area contributed by atoms with E-state index in [2.05, 4.69) is 45.1 Å². The number of benzene rings is 1. The van der Waals surface area contributed by atoms with E-state index in [1.807, 2.05) is 25.2 Å². The highest BCUT2D eigenvalue weighted by molar-refractivity contribution is 14.0. The molecule has 0 aliphatic carbocycles. The maximum Gasteiger partial charge on any atom is 0.191 e. The molecule has 1 aromatic carbocycles. The van der Waals surface area contributed by atoms with Gasteiger partial charge in [0.2, 0.25) is 0 Å². The van der Waals surface area contributed by atoms with Gasteiger partial charge in [-0.05, 0) is 25.5 Å². The van der Waals surface area contributed by atoms with Gasteiger partial charge in [0.15, 0.2) is 5.96 Å². The summed E-state index contributed by atoms with van der Waals surface area (Å²) in [5.74, 6) is 1.85. The Hall–Kier alpha value is -1.31. The van der Waals surface area contributed by atoms with Gasteiger partial charge in [-0.2, -0.15) is 0 Å². The minimum atomic E-state index is 0. The van der Waals surface area contributed by atoms with Crippen molar-refractivity contribution in [3.05, 3.63) is 30.1 Å². The molecule has 0 aliphatic rings. The number of para-hydroxylation sites is 2. The maximum absolute atomic E-state index is 4.65. The van der Waals surface area contributed by atoms with Crippen molar-refractivity contribution >= 4 is 41.0 Å². The van der Waals surface area contributed by atoms with Crippen LogP contribution >= 0.6 is 24.0 Å². The van der Waals surface area contributed by atoms with Crippen LogP contribution in [0, 0.1) is 0 Å². The summed E-state index contributed by atoms with van der Waals surface area (Å²) < 4.78 is 2.11. The molecule has 0 saturated carbocycles. The average Bonchev–Trinajstić information content (AvgIpc) is 2.86. The fourth-order valence-electron chi connectivity index (χ4n) is 2.41. The number of guanidine groups is 1. The second-order valence-electron chi connectivity index (χ2n) is 5.40. The molecule has 5 nitrogen and oxygen atoms in total. The minimum Gasteiger partial charge on any atom is -0.357 e. The van der Waals surface area contributed by atoms with Crippen LogP contribution in [0.3, 0.4) is 0 Å². The number of nitrogens with zero attached hydrogens (tertiary/aromatic N) is 3. The van der Waals surface area contributed by atoms with E-state index in [0.717, 1.165) is 35.9 Å². The number of aromatic nitrogens is 2. The minimum absolute atomic E-state index is 0. The van der Waals surface area contributed by atoms with E-state index in [0.29, 0.717) is 6.54 Å². The number of aliphatic imine (C=N–C) groups is 1.